The average molecular weight is 490 g/mol. The number of ether oxygens (including phenoxy) is 2. The molecule has 1 saturated carbocycles. The largest absolute Gasteiger partial charge is 0.497 e. The van der Waals surface area contributed by atoms with Crippen LogP contribution in [0.5, 0.6) is 5.75 Å². The van der Waals surface area contributed by atoms with Gasteiger partial charge in [-0.25, -0.2) is 4.99 Å². The van der Waals surface area contributed by atoms with Gasteiger partial charge in [-0.15, -0.1) is 0 Å². The van der Waals surface area contributed by atoms with Crippen LogP contribution in [0.3, 0.4) is 0 Å². The van der Waals surface area contributed by atoms with Crippen LogP contribution in [0.25, 0.3) is 0 Å². The molecular weight excluding hydrogens is 455 g/mol. The third-order valence-electron chi connectivity index (χ3n) is 7.14. The van der Waals surface area contributed by atoms with Crippen LogP contribution in [0, 0.1) is 17.8 Å². The molecule has 0 radical (unpaired) electrons. The summed E-state index contributed by atoms with van der Waals surface area (Å²) in [5.41, 5.74) is -0.271. The quantitative estimate of drug-likeness (QED) is 0.303. The fourth-order valence-electron chi connectivity index (χ4n) is 4.93. The number of methoxy groups -OCH3 is 1. The minimum atomic E-state index is -4.78. The first kappa shape index (κ1) is 26.8. The van der Waals surface area contributed by atoms with Crippen LogP contribution in [0.4, 0.5) is 18.9 Å². The predicted molar refractivity (Wildman–Crippen MR) is 131 cm³/mol. The SMILES string of the molecule is COc1ccc(N=C(C(C)C(=O)O[C@@H]2C[C@H](C)CC[C@H]2C(C)(C)c2ccccc2)C(F)(F)F)cc1. The van der Waals surface area contributed by atoms with Gasteiger partial charge in [-0.1, -0.05) is 57.5 Å². The highest BCUT2D eigenvalue weighted by atomic mass is 19.4. The first-order valence-corrected chi connectivity index (χ1v) is 12.0. The molecule has 1 aliphatic carbocycles. The number of hydrogen-bond donors (Lipinski definition) is 0. The second-order valence-corrected chi connectivity index (χ2v) is 10.0. The minimum absolute atomic E-state index is 0.00915. The number of halogens is 3. The van der Waals surface area contributed by atoms with Gasteiger partial charge in [-0.2, -0.15) is 13.2 Å². The highest BCUT2D eigenvalue weighted by molar-refractivity contribution is 6.05. The molecule has 0 saturated heterocycles. The second kappa shape index (κ2) is 10.8. The molecule has 7 heteroatoms. The Kier molecular flexibility index (Phi) is 8.29. The summed E-state index contributed by atoms with van der Waals surface area (Å²) in [4.78, 5) is 16.9. The molecule has 4 nitrogen and oxygen atoms in total. The lowest BCUT2D eigenvalue weighted by Gasteiger charge is -2.44. The van der Waals surface area contributed by atoms with Crippen molar-refractivity contribution < 1.29 is 27.4 Å². The first-order valence-electron chi connectivity index (χ1n) is 12.0. The third-order valence-corrected chi connectivity index (χ3v) is 7.14. The average Bonchev–Trinajstić information content (AvgIpc) is 2.82. The van der Waals surface area contributed by atoms with Crippen LogP contribution in [-0.2, 0) is 14.9 Å². The molecule has 2 aromatic rings. The van der Waals surface area contributed by atoms with Crippen molar-refractivity contribution in [2.75, 3.05) is 7.11 Å². The van der Waals surface area contributed by atoms with E-state index in [4.69, 9.17) is 9.47 Å². The van der Waals surface area contributed by atoms with Crippen molar-refractivity contribution in [3.8, 4) is 5.75 Å². The Bertz CT molecular complexity index is 1020. The molecule has 0 bridgehead atoms. The summed E-state index contributed by atoms with van der Waals surface area (Å²) in [6.45, 7) is 7.52. The zero-order chi connectivity index (χ0) is 25.8. The van der Waals surface area contributed by atoms with E-state index in [0.717, 1.165) is 18.4 Å². The molecule has 1 fully saturated rings. The number of aliphatic imine (C=N–C) groups is 1. The maximum absolute atomic E-state index is 13.9. The molecule has 0 N–H and O–H groups in total. The van der Waals surface area contributed by atoms with Crippen molar-refractivity contribution in [3.05, 3.63) is 60.2 Å². The molecule has 0 amide bonds. The zero-order valence-electron chi connectivity index (χ0n) is 20.9. The van der Waals surface area contributed by atoms with Gasteiger partial charge in [-0.3, -0.25) is 4.79 Å². The molecule has 0 heterocycles. The smallest absolute Gasteiger partial charge is 0.430 e. The molecule has 190 valence electrons. The van der Waals surface area contributed by atoms with Crippen molar-refractivity contribution in [1.82, 2.24) is 0 Å². The van der Waals surface area contributed by atoms with Crippen LogP contribution >= 0.6 is 0 Å². The van der Waals surface area contributed by atoms with Gasteiger partial charge in [-0.05, 0) is 60.9 Å². The van der Waals surface area contributed by atoms with Gasteiger partial charge >= 0.3 is 12.1 Å². The lowest BCUT2D eigenvalue weighted by atomic mass is 9.64. The van der Waals surface area contributed by atoms with E-state index in [1.807, 2.05) is 30.3 Å². The minimum Gasteiger partial charge on any atom is -0.497 e. The number of esters is 1. The molecule has 4 atom stereocenters. The van der Waals surface area contributed by atoms with Crippen molar-refractivity contribution in [2.24, 2.45) is 22.7 Å². The molecule has 2 aromatic carbocycles. The van der Waals surface area contributed by atoms with E-state index in [-0.39, 0.29) is 17.0 Å². The van der Waals surface area contributed by atoms with Gasteiger partial charge in [0.25, 0.3) is 0 Å². The summed E-state index contributed by atoms with van der Waals surface area (Å²) < 4.78 is 52.7. The molecule has 3 rings (SSSR count). The Labute approximate surface area is 205 Å². The topological polar surface area (TPSA) is 47.9 Å². The van der Waals surface area contributed by atoms with Gasteiger partial charge in [0.05, 0.1) is 12.8 Å². The summed E-state index contributed by atoms with van der Waals surface area (Å²) in [5, 5.41) is 0. The van der Waals surface area contributed by atoms with E-state index in [1.165, 1.54) is 38.3 Å². The number of benzene rings is 2. The van der Waals surface area contributed by atoms with Crippen LogP contribution < -0.4 is 4.74 Å². The van der Waals surface area contributed by atoms with Crippen LogP contribution in [-0.4, -0.2) is 31.1 Å². The number of alkyl halides is 3. The Balaban J connectivity index is 1.85. The van der Waals surface area contributed by atoms with Crippen LogP contribution in [0.2, 0.25) is 0 Å². The zero-order valence-corrected chi connectivity index (χ0v) is 20.9. The molecule has 1 unspecified atom stereocenters. The van der Waals surface area contributed by atoms with E-state index in [0.29, 0.717) is 18.1 Å². The monoisotopic (exact) mass is 489 g/mol. The van der Waals surface area contributed by atoms with E-state index in [1.54, 1.807) is 0 Å². The summed E-state index contributed by atoms with van der Waals surface area (Å²) in [6.07, 6.45) is -2.81. The number of carbonyl (C=O) groups excluding carboxylic acids is 1. The number of carbonyl (C=O) groups is 1. The van der Waals surface area contributed by atoms with Gasteiger partial charge < -0.3 is 9.47 Å². The fourth-order valence-corrected chi connectivity index (χ4v) is 4.93. The van der Waals surface area contributed by atoms with Crippen LogP contribution in [0.1, 0.15) is 52.5 Å². The van der Waals surface area contributed by atoms with Gasteiger partial charge in [0.1, 0.15) is 23.5 Å². The van der Waals surface area contributed by atoms with Crippen LogP contribution in [0.15, 0.2) is 59.6 Å². The maximum atomic E-state index is 13.9. The summed E-state index contributed by atoms with van der Waals surface area (Å²) in [7, 11) is 1.47. The number of nitrogens with zero attached hydrogens (tertiary/aromatic N) is 1. The molecule has 0 aliphatic heterocycles. The maximum Gasteiger partial charge on any atom is 0.430 e. The number of hydrogen-bond acceptors (Lipinski definition) is 4. The number of rotatable bonds is 7. The normalized spacial score (nSPS) is 22.4. The van der Waals surface area contributed by atoms with Crippen molar-refractivity contribution in [1.29, 1.82) is 0 Å². The lowest BCUT2D eigenvalue weighted by Crippen LogP contribution is -2.45. The summed E-state index contributed by atoms with van der Waals surface area (Å²) >= 11 is 0. The molecule has 1 aliphatic rings. The van der Waals surface area contributed by atoms with Crippen molar-refractivity contribution in [2.45, 2.75) is 64.7 Å². The Morgan fingerprint density at radius 1 is 1.03 bits per heavy atom. The van der Waals surface area contributed by atoms with Crippen molar-refractivity contribution >= 4 is 17.4 Å². The predicted octanol–water partition coefficient (Wildman–Crippen LogP) is 7.29. The summed E-state index contributed by atoms with van der Waals surface area (Å²) in [5.74, 6) is -1.65. The summed E-state index contributed by atoms with van der Waals surface area (Å²) in [6, 6.07) is 15.9. The van der Waals surface area contributed by atoms with Crippen molar-refractivity contribution in [3.63, 3.8) is 0 Å². The van der Waals surface area contributed by atoms with Gasteiger partial charge in [0.2, 0.25) is 0 Å². The Morgan fingerprint density at radius 3 is 2.23 bits per heavy atom. The van der Waals surface area contributed by atoms with E-state index in [2.05, 4.69) is 25.8 Å². The third kappa shape index (κ3) is 6.44. The van der Waals surface area contributed by atoms with Gasteiger partial charge in [0, 0.05) is 5.92 Å². The molecular formula is C28H34F3NO3. The van der Waals surface area contributed by atoms with E-state index < -0.39 is 29.9 Å². The standard InChI is InChI=1S/C28H34F3NO3/c1-18-11-16-23(27(3,4)20-9-7-6-8-10-20)24(17-18)35-26(33)19(2)25(28(29,30)31)32-21-12-14-22(34-5)15-13-21/h6-10,12-15,18-19,23-24H,11,16-17H2,1-5H3/t18-,19?,23-,24-/m1/s1. The molecule has 35 heavy (non-hydrogen) atoms. The Morgan fingerprint density at radius 2 is 1.66 bits per heavy atom. The highest BCUT2D eigenvalue weighted by Gasteiger charge is 2.46. The Hall–Kier alpha value is -2.83. The fraction of sp³-hybridized carbons (Fsp3) is 0.500. The first-order chi connectivity index (χ1) is 16.4. The van der Waals surface area contributed by atoms with E-state index >= 15 is 0 Å². The second-order valence-electron chi connectivity index (χ2n) is 10.0. The molecule has 0 spiro atoms. The lowest BCUT2D eigenvalue weighted by molar-refractivity contribution is -0.160. The van der Waals surface area contributed by atoms with Gasteiger partial charge in [0.15, 0.2) is 0 Å². The van der Waals surface area contributed by atoms with E-state index in [9.17, 15) is 18.0 Å². The molecule has 0 aromatic heterocycles. The highest BCUT2D eigenvalue weighted by Crippen LogP contribution is 2.44.